The fourth-order valence-corrected chi connectivity index (χ4v) is 3.70. The SMILES string of the molecule is NC(Cc1ccc(O)cc1)C(=O)NC(CS)C(=O)NC(Cc1c[nH]c2ccccc12)C(=O)O. The molecule has 1 aromatic heterocycles. The highest BCUT2D eigenvalue weighted by molar-refractivity contribution is 7.80. The Bertz CT molecular complexity index is 1130. The average molecular weight is 471 g/mol. The zero-order valence-corrected chi connectivity index (χ0v) is 18.6. The molecule has 3 aromatic rings. The largest absolute Gasteiger partial charge is 0.508 e. The van der Waals surface area contributed by atoms with E-state index in [-0.39, 0.29) is 24.3 Å². The second kappa shape index (κ2) is 10.9. The lowest BCUT2D eigenvalue weighted by Crippen LogP contribution is -2.55. The van der Waals surface area contributed by atoms with Crippen molar-refractivity contribution in [3.63, 3.8) is 0 Å². The van der Waals surface area contributed by atoms with Crippen molar-refractivity contribution < 1.29 is 24.6 Å². The third-order valence-corrected chi connectivity index (χ3v) is 5.62. The molecule has 0 saturated carbocycles. The third kappa shape index (κ3) is 6.27. The zero-order chi connectivity index (χ0) is 24.0. The molecule has 2 aromatic carbocycles. The van der Waals surface area contributed by atoms with Crippen molar-refractivity contribution in [1.82, 2.24) is 15.6 Å². The summed E-state index contributed by atoms with van der Waals surface area (Å²) in [5.74, 6) is -2.36. The summed E-state index contributed by atoms with van der Waals surface area (Å²) in [4.78, 5) is 40.1. The predicted octanol–water partition coefficient (Wildman–Crippen LogP) is 0.970. The highest BCUT2D eigenvalue weighted by atomic mass is 32.1. The minimum Gasteiger partial charge on any atom is -0.508 e. The zero-order valence-electron chi connectivity index (χ0n) is 17.7. The number of hydrogen-bond donors (Lipinski definition) is 7. The van der Waals surface area contributed by atoms with Crippen LogP contribution in [0.4, 0.5) is 0 Å². The molecule has 0 aliphatic rings. The maximum absolute atomic E-state index is 12.7. The summed E-state index contributed by atoms with van der Waals surface area (Å²) in [6.45, 7) is 0. The molecule has 1 heterocycles. The van der Waals surface area contributed by atoms with Crippen LogP contribution >= 0.6 is 12.6 Å². The highest BCUT2D eigenvalue weighted by Crippen LogP contribution is 2.19. The Kier molecular flexibility index (Phi) is 7.96. The Morgan fingerprint density at radius 2 is 1.64 bits per heavy atom. The van der Waals surface area contributed by atoms with Crippen LogP contribution in [0.5, 0.6) is 5.75 Å². The van der Waals surface area contributed by atoms with Crippen molar-refractivity contribution in [2.75, 3.05) is 5.75 Å². The van der Waals surface area contributed by atoms with E-state index in [0.717, 1.165) is 22.0 Å². The Labute approximate surface area is 195 Å². The molecule has 9 nitrogen and oxygen atoms in total. The number of carboxylic acids is 1. The number of nitrogens with one attached hydrogen (secondary N) is 3. The number of carbonyl (C=O) groups excluding carboxylic acids is 2. The number of carboxylic acid groups (broad SMARTS) is 1. The summed E-state index contributed by atoms with van der Waals surface area (Å²) in [7, 11) is 0. The lowest BCUT2D eigenvalue weighted by molar-refractivity contribution is -0.142. The van der Waals surface area contributed by atoms with Gasteiger partial charge in [0.05, 0.1) is 6.04 Å². The number of thiol groups is 1. The number of aromatic hydroxyl groups is 1. The number of aromatic amines is 1. The summed E-state index contributed by atoms with van der Waals surface area (Å²) < 4.78 is 0. The van der Waals surface area contributed by atoms with Crippen molar-refractivity contribution in [3.05, 3.63) is 65.9 Å². The highest BCUT2D eigenvalue weighted by Gasteiger charge is 2.28. The number of carbonyl (C=O) groups is 3. The second-order valence-corrected chi connectivity index (χ2v) is 8.05. The molecular formula is C23H26N4O5S. The van der Waals surface area contributed by atoms with E-state index in [1.165, 1.54) is 12.1 Å². The van der Waals surface area contributed by atoms with Gasteiger partial charge in [0.2, 0.25) is 11.8 Å². The summed E-state index contributed by atoms with van der Waals surface area (Å²) >= 11 is 4.12. The normalized spacial score (nSPS) is 13.8. The number of phenolic OH excluding ortho intramolecular Hbond substituents is 1. The van der Waals surface area contributed by atoms with E-state index in [1.54, 1.807) is 18.3 Å². The first-order chi connectivity index (χ1) is 15.8. The first-order valence-electron chi connectivity index (χ1n) is 10.3. The summed E-state index contributed by atoms with van der Waals surface area (Å²) in [5, 5.41) is 24.9. The molecular weight excluding hydrogens is 444 g/mol. The maximum atomic E-state index is 12.7. The van der Waals surface area contributed by atoms with Crippen LogP contribution in [0.2, 0.25) is 0 Å². The van der Waals surface area contributed by atoms with E-state index in [1.807, 2.05) is 24.3 Å². The van der Waals surface area contributed by atoms with Crippen LogP contribution < -0.4 is 16.4 Å². The van der Waals surface area contributed by atoms with E-state index in [4.69, 9.17) is 5.73 Å². The number of phenols is 1. The van der Waals surface area contributed by atoms with Gasteiger partial charge in [-0.1, -0.05) is 30.3 Å². The number of benzene rings is 2. The summed E-state index contributed by atoms with van der Waals surface area (Å²) in [6.07, 6.45) is 1.98. The standard InChI is InChI=1S/C23H26N4O5S/c24-17(9-13-5-7-15(28)8-6-13)21(29)27-20(12-33)22(30)26-19(23(31)32)10-14-11-25-18-4-2-1-3-16(14)18/h1-8,11,17,19-20,25,28,33H,9-10,12,24H2,(H,26,30)(H,27,29)(H,31,32). The fourth-order valence-electron chi connectivity index (χ4n) is 3.44. The topological polar surface area (TPSA) is 158 Å². The molecule has 0 aliphatic carbocycles. The van der Waals surface area contributed by atoms with Crippen LogP contribution in [0, 0.1) is 0 Å². The van der Waals surface area contributed by atoms with Gasteiger partial charge in [-0.15, -0.1) is 0 Å². The average Bonchev–Trinajstić information content (AvgIpc) is 3.21. The molecule has 33 heavy (non-hydrogen) atoms. The van der Waals surface area contributed by atoms with E-state index in [0.29, 0.717) is 0 Å². The fraction of sp³-hybridized carbons (Fsp3) is 0.261. The number of H-pyrrole nitrogens is 1. The quantitative estimate of drug-likeness (QED) is 0.219. The van der Waals surface area contributed by atoms with Gasteiger partial charge in [0.25, 0.3) is 0 Å². The molecule has 0 saturated heterocycles. The monoisotopic (exact) mass is 470 g/mol. The molecule has 10 heteroatoms. The summed E-state index contributed by atoms with van der Waals surface area (Å²) in [5.41, 5.74) is 8.31. The number of nitrogens with two attached hydrogens (primary N) is 1. The lowest BCUT2D eigenvalue weighted by Gasteiger charge is -2.22. The van der Waals surface area contributed by atoms with Crippen LogP contribution in [0.1, 0.15) is 11.1 Å². The molecule has 0 bridgehead atoms. The molecule has 3 unspecified atom stereocenters. The molecule has 2 amide bonds. The van der Waals surface area contributed by atoms with E-state index >= 15 is 0 Å². The smallest absolute Gasteiger partial charge is 0.326 e. The Morgan fingerprint density at radius 1 is 0.970 bits per heavy atom. The molecule has 0 radical (unpaired) electrons. The Hall–Kier alpha value is -3.50. The summed E-state index contributed by atoms with van der Waals surface area (Å²) in [6, 6.07) is 10.5. The van der Waals surface area contributed by atoms with Crippen LogP contribution in [-0.2, 0) is 27.2 Å². The maximum Gasteiger partial charge on any atom is 0.326 e. The molecule has 3 atom stereocenters. The number of rotatable bonds is 10. The van der Waals surface area contributed by atoms with Crippen molar-refractivity contribution in [1.29, 1.82) is 0 Å². The molecule has 0 aliphatic heterocycles. The number of para-hydroxylation sites is 1. The van der Waals surface area contributed by atoms with Gasteiger partial charge < -0.3 is 31.6 Å². The van der Waals surface area contributed by atoms with Gasteiger partial charge >= 0.3 is 5.97 Å². The van der Waals surface area contributed by atoms with Crippen molar-refractivity contribution >= 4 is 41.3 Å². The van der Waals surface area contributed by atoms with E-state index in [9.17, 15) is 24.6 Å². The van der Waals surface area contributed by atoms with Crippen molar-refractivity contribution in [2.45, 2.75) is 31.0 Å². The van der Waals surface area contributed by atoms with Crippen molar-refractivity contribution in [2.24, 2.45) is 5.73 Å². The number of hydrogen-bond acceptors (Lipinski definition) is 6. The minimum absolute atomic E-state index is 0.0388. The second-order valence-electron chi connectivity index (χ2n) is 7.68. The third-order valence-electron chi connectivity index (χ3n) is 5.26. The molecule has 0 spiro atoms. The van der Waals surface area contributed by atoms with E-state index in [2.05, 4.69) is 28.2 Å². The van der Waals surface area contributed by atoms with Gasteiger partial charge in [-0.05, 0) is 35.7 Å². The number of aromatic nitrogens is 1. The van der Waals surface area contributed by atoms with E-state index < -0.39 is 35.9 Å². The molecule has 7 N–H and O–H groups in total. The molecule has 174 valence electrons. The van der Waals surface area contributed by atoms with Crippen molar-refractivity contribution in [3.8, 4) is 5.75 Å². The van der Waals surface area contributed by atoms with Gasteiger partial charge in [-0.3, -0.25) is 9.59 Å². The van der Waals surface area contributed by atoms with Gasteiger partial charge in [0.1, 0.15) is 17.8 Å². The van der Waals surface area contributed by atoms with Gasteiger partial charge in [-0.25, -0.2) is 4.79 Å². The molecule has 3 rings (SSSR count). The van der Waals surface area contributed by atoms with Gasteiger partial charge in [0, 0.05) is 29.3 Å². The first kappa shape index (κ1) is 24.1. The number of fused-ring (bicyclic) bond motifs is 1. The Balaban J connectivity index is 1.62. The minimum atomic E-state index is -1.19. The van der Waals surface area contributed by atoms with Crippen LogP contribution in [0.25, 0.3) is 10.9 Å². The van der Waals surface area contributed by atoms with Crippen LogP contribution in [0.3, 0.4) is 0 Å². The Morgan fingerprint density at radius 3 is 2.30 bits per heavy atom. The van der Waals surface area contributed by atoms with Crippen LogP contribution in [-0.4, -0.2) is 56.9 Å². The van der Waals surface area contributed by atoms with Crippen LogP contribution in [0.15, 0.2) is 54.7 Å². The van der Waals surface area contributed by atoms with Gasteiger partial charge in [-0.2, -0.15) is 12.6 Å². The molecule has 0 fully saturated rings. The van der Waals surface area contributed by atoms with Gasteiger partial charge in [0.15, 0.2) is 0 Å². The first-order valence-corrected chi connectivity index (χ1v) is 10.9. The number of aliphatic carboxylic acids is 1. The number of amides is 2. The lowest BCUT2D eigenvalue weighted by atomic mass is 10.0. The predicted molar refractivity (Wildman–Crippen MR) is 127 cm³/mol.